The van der Waals surface area contributed by atoms with E-state index in [2.05, 4.69) is 4.98 Å². The van der Waals surface area contributed by atoms with Crippen molar-refractivity contribution in [2.45, 2.75) is 0 Å². The third kappa shape index (κ3) is 3.78. The lowest BCUT2D eigenvalue weighted by molar-refractivity contribution is 0.630. The Bertz CT molecular complexity index is 1590. The predicted octanol–water partition coefficient (Wildman–Crippen LogP) is 7.52. The van der Waals surface area contributed by atoms with Crippen LogP contribution in [0, 0.1) is 5.82 Å². The van der Waals surface area contributed by atoms with Crippen molar-refractivity contribution in [3.05, 3.63) is 110 Å². The fourth-order valence-corrected chi connectivity index (χ4v) is 3.97. The maximum absolute atomic E-state index is 13.6. The topological polar surface area (TPSA) is 30.0 Å². The molecule has 31 heavy (non-hydrogen) atoms. The SMILES string of the molecule is O=c1c2ccc(Cl)cc2ccc2ccc(/C=C/c3ccc4cc(F)c(Cl)cc4n3)cc12. The lowest BCUT2D eigenvalue weighted by atomic mass is 10.1. The Labute approximate surface area is 187 Å². The van der Waals surface area contributed by atoms with E-state index >= 15 is 0 Å². The number of halogens is 3. The van der Waals surface area contributed by atoms with Crippen LogP contribution in [0.2, 0.25) is 10.0 Å². The van der Waals surface area contributed by atoms with Gasteiger partial charge in [-0.15, -0.1) is 0 Å². The number of hydrogen-bond donors (Lipinski definition) is 0. The van der Waals surface area contributed by atoms with Crippen LogP contribution in [0.25, 0.3) is 44.6 Å². The molecule has 0 saturated carbocycles. The highest BCUT2D eigenvalue weighted by Gasteiger charge is 2.05. The van der Waals surface area contributed by atoms with E-state index in [0.29, 0.717) is 32.4 Å². The van der Waals surface area contributed by atoms with Gasteiger partial charge in [-0.1, -0.05) is 59.6 Å². The first kappa shape index (κ1) is 19.7. The van der Waals surface area contributed by atoms with E-state index in [4.69, 9.17) is 23.2 Å². The average molecular weight is 446 g/mol. The van der Waals surface area contributed by atoms with Crippen LogP contribution in [0.4, 0.5) is 4.39 Å². The van der Waals surface area contributed by atoms with Crippen LogP contribution in [0.3, 0.4) is 0 Å². The van der Waals surface area contributed by atoms with Gasteiger partial charge in [0.2, 0.25) is 0 Å². The van der Waals surface area contributed by atoms with Gasteiger partial charge in [0.15, 0.2) is 5.43 Å². The highest BCUT2D eigenvalue weighted by Crippen LogP contribution is 2.23. The summed E-state index contributed by atoms with van der Waals surface area (Å²) in [6.07, 6.45) is 3.74. The maximum Gasteiger partial charge on any atom is 0.194 e. The second kappa shape index (κ2) is 7.77. The first-order chi connectivity index (χ1) is 15.0. The lowest BCUT2D eigenvalue weighted by Gasteiger charge is -2.01. The highest BCUT2D eigenvalue weighted by atomic mass is 35.5. The van der Waals surface area contributed by atoms with Crippen LogP contribution in [0.5, 0.6) is 0 Å². The van der Waals surface area contributed by atoms with E-state index in [9.17, 15) is 9.18 Å². The number of aromatic nitrogens is 1. The number of pyridine rings is 1. The van der Waals surface area contributed by atoms with Crippen molar-refractivity contribution in [3.63, 3.8) is 0 Å². The molecule has 0 unspecified atom stereocenters. The summed E-state index contributed by atoms with van der Waals surface area (Å²) in [4.78, 5) is 17.6. The Hall–Kier alpha value is -3.27. The molecule has 0 fully saturated rings. The second-order valence-corrected chi connectivity index (χ2v) is 8.11. The Balaban J connectivity index is 1.58. The quantitative estimate of drug-likeness (QED) is 0.281. The molecule has 5 rings (SSSR count). The monoisotopic (exact) mass is 445 g/mol. The van der Waals surface area contributed by atoms with Gasteiger partial charge in [0, 0.05) is 21.2 Å². The van der Waals surface area contributed by atoms with Crippen LogP contribution in [-0.4, -0.2) is 4.98 Å². The molecule has 0 bridgehead atoms. The molecule has 0 aliphatic rings. The molecule has 0 saturated heterocycles. The molecule has 0 spiro atoms. The molecular weight excluding hydrogens is 432 g/mol. The van der Waals surface area contributed by atoms with Crippen molar-refractivity contribution in [3.8, 4) is 0 Å². The van der Waals surface area contributed by atoms with Gasteiger partial charge in [0.05, 0.1) is 16.2 Å². The number of nitrogens with zero attached hydrogens (tertiary/aromatic N) is 1. The Morgan fingerprint density at radius 3 is 2.39 bits per heavy atom. The summed E-state index contributed by atoms with van der Waals surface area (Å²) >= 11 is 12.0. The van der Waals surface area contributed by atoms with E-state index in [1.165, 1.54) is 12.1 Å². The zero-order valence-electron chi connectivity index (χ0n) is 16.1. The van der Waals surface area contributed by atoms with E-state index in [-0.39, 0.29) is 10.5 Å². The van der Waals surface area contributed by atoms with Gasteiger partial charge < -0.3 is 0 Å². The van der Waals surface area contributed by atoms with Crippen molar-refractivity contribution < 1.29 is 4.39 Å². The van der Waals surface area contributed by atoms with E-state index in [0.717, 1.165) is 16.3 Å². The third-order valence-electron chi connectivity index (χ3n) is 5.22. The largest absolute Gasteiger partial charge is 0.289 e. The Morgan fingerprint density at radius 2 is 1.52 bits per heavy atom. The molecule has 1 heterocycles. The summed E-state index contributed by atoms with van der Waals surface area (Å²) in [6, 6.07) is 21.4. The number of rotatable bonds is 2. The molecule has 2 nitrogen and oxygen atoms in total. The van der Waals surface area contributed by atoms with Gasteiger partial charge in [-0.3, -0.25) is 4.79 Å². The minimum Gasteiger partial charge on any atom is -0.289 e. The third-order valence-corrected chi connectivity index (χ3v) is 5.75. The van der Waals surface area contributed by atoms with Crippen molar-refractivity contribution in [2.24, 2.45) is 0 Å². The summed E-state index contributed by atoms with van der Waals surface area (Å²) in [5, 5.41) is 4.24. The molecule has 0 radical (unpaired) electrons. The Kier molecular flexibility index (Phi) is 4.93. The van der Waals surface area contributed by atoms with Crippen LogP contribution < -0.4 is 5.43 Å². The van der Waals surface area contributed by atoms with E-state index in [1.807, 2.05) is 48.6 Å². The number of benzene rings is 3. The molecule has 1 aromatic heterocycles. The zero-order chi connectivity index (χ0) is 21.5. The summed E-state index contributed by atoms with van der Waals surface area (Å²) in [6.45, 7) is 0. The summed E-state index contributed by atoms with van der Waals surface area (Å²) in [5.41, 5.74) is 2.15. The second-order valence-electron chi connectivity index (χ2n) is 7.27. The first-order valence-corrected chi connectivity index (χ1v) is 10.3. The standard InChI is InChI=1S/C26H14Cl2FNO/c27-19-7-10-21-17(12-19)5-4-16-3-1-15(11-22(16)26(21)31)2-8-20-9-6-18-13-24(29)23(28)14-25(18)30-20/h1-14H/b8-2+. The van der Waals surface area contributed by atoms with Crippen LogP contribution in [0.15, 0.2) is 77.6 Å². The van der Waals surface area contributed by atoms with E-state index in [1.54, 1.807) is 24.3 Å². The predicted molar refractivity (Wildman–Crippen MR) is 128 cm³/mol. The normalized spacial score (nSPS) is 11.7. The molecule has 0 atom stereocenters. The summed E-state index contributed by atoms with van der Waals surface area (Å²) in [5.74, 6) is -0.466. The van der Waals surface area contributed by atoms with Crippen molar-refractivity contribution in [2.75, 3.05) is 0 Å². The Morgan fingerprint density at radius 1 is 0.742 bits per heavy atom. The molecule has 5 aromatic rings. The average Bonchev–Trinajstić information content (AvgIpc) is 2.89. The fourth-order valence-electron chi connectivity index (χ4n) is 3.63. The van der Waals surface area contributed by atoms with Gasteiger partial charge in [-0.05, 0) is 64.9 Å². The molecular formula is C26H14Cl2FNO. The van der Waals surface area contributed by atoms with E-state index < -0.39 is 5.82 Å². The van der Waals surface area contributed by atoms with Gasteiger partial charge in [0.1, 0.15) is 5.82 Å². The van der Waals surface area contributed by atoms with Crippen LogP contribution in [-0.2, 0) is 0 Å². The maximum atomic E-state index is 13.6. The fraction of sp³-hybridized carbons (Fsp3) is 0. The lowest BCUT2D eigenvalue weighted by Crippen LogP contribution is -1.98. The number of hydrogen-bond acceptors (Lipinski definition) is 2. The van der Waals surface area contributed by atoms with Gasteiger partial charge >= 0.3 is 0 Å². The number of fused-ring (bicyclic) bond motifs is 3. The van der Waals surface area contributed by atoms with Crippen molar-refractivity contribution in [1.82, 2.24) is 4.98 Å². The molecule has 5 heteroatoms. The molecule has 0 aliphatic heterocycles. The minimum atomic E-state index is -0.466. The van der Waals surface area contributed by atoms with Gasteiger partial charge in [-0.25, -0.2) is 9.37 Å². The van der Waals surface area contributed by atoms with Gasteiger partial charge in [-0.2, -0.15) is 0 Å². The highest BCUT2D eigenvalue weighted by molar-refractivity contribution is 6.31. The molecule has 4 aromatic carbocycles. The minimum absolute atomic E-state index is 0.0394. The molecule has 0 amide bonds. The first-order valence-electron chi connectivity index (χ1n) is 9.58. The summed E-state index contributed by atoms with van der Waals surface area (Å²) in [7, 11) is 0. The molecule has 150 valence electrons. The summed E-state index contributed by atoms with van der Waals surface area (Å²) < 4.78 is 13.6. The molecule has 0 aliphatic carbocycles. The van der Waals surface area contributed by atoms with Crippen molar-refractivity contribution >= 4 is 67.8 Å². The van der Waals surface area contributed by atoms with Gasteiger partial charge in [0.25, 0.3) is 0 Å². The zero-order valence-corrected chi connectivity index (χ0v) is 17.6. The molecule has 0 N–H and O–H groups in total. The smallest absolute Gasteiger partial charge is 0.194 e. The van der Waals surface area contributed by atoms with Crippen LogP contribution >= 0.6 is 23.2 Å². The van der Waals surface area contributed by atoms with Crippen molar-refractivity contribution in [1.29, 1.82) is 0 Å². The van der Waals surface area contributed by atoms with Crippen LogP contribution in [0.1, 0.15) is 11.3 Å².